The molecular weight excluding hydrogens is 923 g/mol. The van der Waals surface area contributed by atoms with Crippen LogP contribution in [0, 0.1) is 10.8 Å². The minimum absolute atomic E-state index is 0.224. The van der Waals surface area contributed by atoms with Crippen molar-refractivity contribution in [2.24, 2.45) is 10.8 Å². The molecule has 0 spiro atoms. The lowest BCUT2D eigenvalue weighted by molar-refractivity contribution is -0.150. The molecule has 0 radical (unpaired) electrons. The van der Waals surface area contributed by atoms with Gasteiger partial charge in [0.2, 0.25) is 5.95 Å². The molecular formula is C63H69N5O6. The molecule has 11 nitrogen and oxygen atoms in total. The molecule has 5 heterocycles. The van der Waals surface area contributed by atoms with E-state index in [1.807, 2.05) is 36.4 Å². The number of aromatic nitrogens is 5. The zero-order valence-electron chi connectivity index (χ0n) is 43.1. The van der Waals surface area contributed by atoms with Gasteiger partial charge in [0, 0.05) is 75.6 Å². The highest BCUT2D eigenvalue weighted by Crippen LogP contribution is 2.43. The van der Waals surface area contributed by atoms with E-state index in [9.17, 15) is 0 Å². The third-order valence-electron chi connectivity index (χ3n) is 15.3. The van der Waals surface area contributed by atoms with Crippen LogP contribution >= 0.6 is 0 Å². The molecule has 11 heteroatoms. The summed E-state index contributed by atoms with van der Waals surface area (Å²) in [6.07, 6.45) is 8.39. The number of unbranched alkanes of at least 4 members (excludes halogenated alkanes) is 4. The van der Waals surface area contributed by atoms with Gasteiger partial charge in [0.25, 0.3) is 0 Å². The van der Waals surface area contributed by atoms with Crippen LogP contribution in [-0.4, -0.2) is 90.2 Å². The Labute approximate surface area is 434 Å². The van der Waals surface area contributed by atoms with Crippen molar-refractivity contribution in [3.05, 3.63) is 151 Å². The van der Waals surface area contributed by atoms with Crippen LogP contribution in [0.15, 0.2) is 140 Å². The first-order valence-electron chi connectivity index (χ1n) is 27.0. The van der Waals surface area contributed by atoms with Crippen LogP contribution in [0.25, 0.3) is 78.0 Å². The van der Waals surface area contributed by atoms with Crippen molar-refractivity contribution in [3.63, 3.8) is 0 Å². The molecule has 382 valence electrons. The number of rotatable bonds is 26. The van der Waals surface area contributed by atoms with E-state index >= 15 is 0 Å². The van der Waals surface area contributed by atoms with E-state index in [0.29, 0.717) is 44.0 Å². The van der Waals surface area contributed by atoms with Crippen molar-refractivity contribution in [2.45, 2.75) is 78.4 Å². The summed E-state index contributed by atoms with van der Waals surface area (Å²) in [5, 5.41) is 4.56. The maximum Gasteiger partial charge on any atom is 0.238 e. The van der Waals surface area contributed by atoms with Crippen molar-refractivity contribution in [1.29, 1.82) is 0 Å². The molecule has 0 aliphatic carbocycles. The maximum atomic E-state index is 6.41. The number of benzene rings is 6. The highest BCUT2D eigenvalue weighted by Gasteiger charge is 2.37. The molecule has 74 heavy (non-hydrogen) atoms. The van der Waals surface area contributed by atoms with Crippen LogP contribution in [0.5, 0.6) is 0 Å². The SMILES string of the molecule is CCC1(COCCCCCOCc2ccc3c(c2)c2c(ccc4c5cc(COCCCCCOCC6(CC)COC6)ccc5n(-c5ccccc5)c42)n3-c2nc(-c3ccccc3)nc(-c3ccccc3)n2)COC1. The summed E-state index contributed by atoms with van der Waals surface area (Å²) in [6.45, 7) is 13.3. The second-order valence-electron chi connectivity index (χ2n) is 20.6. The van der Waals surface area contributed by atoms with E-state index in [1.165, 1.54) is 5.39 Å². The first kappa shape index (κ1) is 49.9. The molecule has 2 aliphatic heterocycles. The zero-order chi connectivity index (χ0) is 50.2. The Bertz CT molecular complexity index is 3220. The minimum atomic E-state index is 0.224. The van der Waals surface area contributed by atoms with Gasteiger partial charge >= 0.3 is 0 Å². The van der Waals surface area contributed by atoms with E-state index in [0.717, 1.165) is 170 Å². The number of fused-ring (bicyclic) bond motifs is 7. The van der Waals surface area contributed by atoms with E-state index in [2.05, 4.69) is 126 Å². The number of hydrogen-bond acceptors (Lipinski definition) is 9. The van der Waals surface area contributed by atoms with Crippen LogP contribution in [0.3, 0.4) is 0 Å². The molecule has 11 rings (SSSR count). The topological polar surface area (TPSA) is 104 Å². The Morgan fingerprint density at radius 2 is 0.932 bits per heavy atom. The van der Waals surface area contributed by atoms with Gasteiger partial charge in [-0.05, 0) is 105 Å². The summed E-state index contributed by atoms with van der Waals surface area (Å²) >= 11 is 0. The van der Waals surface area contributed by atoms with Crippen LogP contribution in [0.2, 0.25) is 0 Å². The third kappa shape index (κ3) is 10.6. The standard InChI is InChI=1S/C63H69N5O6/c1-3-62(42-73-43-62)40-71-34-18-8-16-32-69-38-46-26-29-54-52(36-46)51-28-31-56-57(58(51)67(54)50-24-14-7-15-25-50)53-37-47(39-70-33-17-9-19-35-72-41-63(4-2)44-74-45-63)27-30-55(53)68(56)61-65-59(48-20-10-5-11-21-48)64-60(66-61)49-22-12-6-13-23-49/h5-7,10-15,20-31,36-37H,3-4,8-9,16-19,32-35,38-45H2,1-2H3. The van der Waals surface area contributed by atoms with E-state index in [4.69, 9.17) is 43.4 Å². The smallest absolute Gasteiger partial charge is 0.238 e. The van der Waals surface area contributed by atoms with Crippen LogP contribution in [0.4, 0.5) is 0 Å². The quantitative estimate of drug-likeness (QED) is 0.0491. The summed E-state index contributed by atoms with van der Waals surface area (Å²) < 4.78 is 40.4. The van der Waals surface area contributed by atoms with Gasteiger partial charge in [-0.1, -0.05) is 111 Å². The Hall–Kier alpha value is -6.31. The lowest BCUT2D eigenvalue weighted by Crippen LogP contribution is -2.45. The molecule has 2 aliphatic rings. The molecule has 2 fully saturated rings. The fourth-order valence-electron chi connectivity index (χ4n) is 10.5. The zero-order valence-corrected chi connectivity index (χ0v) is 43.1. The Morgan fingerprint density at radius 1 is 0.459 bits per heavy atom. The normalized spacial score (nSPS) is 15.1. The highest BCUT2D eigenvalue weighted by molar-refractivity contribution is 6.26. The summed E-state index contributed by atoms with van der Waals surface area (Å²) in [7, 11) is 0. The van der Waals surface area contributed by atoms with Gasteiger partial charge in [0.1, 0.15) is 0 Å². The lowest BCUT2D eigenvalue weighted by atomic mass is 9.84. The second-order valence-corrected chi connectivity index (χ2v) is 20.6. The Balaban J connectivity index is 0.924. The van der Waals surface area contributed by atoms with Crippen molar-refractivity contribution in [2.75, 3.05) is 66.1 Å². The van der Waals surface area contributed by atoms with Gasteiger partial charge < -0.3 is 33.0 Å². The van der Waals surface area contributed by atoms with Crippen LogP contribution in [0.1, 0.15) is 76.3 Å². The predicted molar refractivity (Wildman–Crippen MR) is 295 cm³/mol. The summed E-state index contributed by atoms with van der Waals surface area (Å²) in [4.78, 5) is 15.6. The Morgan fingerprint density at radius 3 is 1.43 bits per heavy atom. The van der Waals surface area contributed by atoms with E-state index in [-0.39, 0.29) is 10.8 Å². The maximum absolute atomic E-state index is 6.41. The summed E-state index contributed by atoms with van der Waals surface area (Å²) in [5.74, 6) is 1.78. The van der Waals surface area contributed by atoms with Crippen molar-refractivity contribution in [3.8, 4) is 34.4 Å². The van der Waals surface area contributed by atoms with Gasteiger partial charge in [-0.3, -0.25) is 4.57 Å². The van der Waals surface area contributed by atoms with E-state index < -0.39 is 0 Å². The van der Waals surface area contributed by atoms with Crippen molar-refractivity contribution >= 4 is 43.6 Å². The minimum Gasteiger partial charge on any atom is -0.381 e. The summed E-state index contributed by atoms with van der Waals surface area (Å²) in [5.41, 5.74) is 9.91. The molecule has 3 aromatic heterocycles. The van der Waals surface area contributed by atoms with Crippen LogP contribution < -0.4 is 0 Å². The molecule has 0 unspecified atom stereocenters. The molecule has 0 atom stereocenters. The van der Waals surface area contributed by atoms with E-state index in [1.54, 1.807) is 0 Å². The molecule has 2 saturated heterocycles. The number of hydrogen-bond donors (Lipinski definition) is 0. The van der Waals surface area contributed by atoms with Crippen molar-refractivity contribution < 1.29 is 28.4 Å². The van der Waals surface area contributed by atoms with Gasteiger partial charge in [-0.2, -0.15) is 9.97 Å². The Kier molecular flexibility index (Phi) is 15.5. The first-order chi connectivity index (χ1) is 36.5. The molecule has 0 N–H and O–H groups in total. The molecule has 6 aromatic carbocycles. The fourth-order valence-corrected chi connectivity index (χ4v) is 10.5. The van der Waals surface area contributed by atoms with Crippen LogP contribution in [-0.2, 0) is 41.6 Å². The van der Waals surface area contributed by atoms with Gasteiger partial charge in [-0.25, -0.2) is 4.98 Å². The largest absolute Gasteiger partial charge is 0.381 e. The number of para-hydroxylation sites is 1. The van der Waals surface area contributed by atoms with Gasteiger partial charge in [0.15, 0.2) is 11.6 Å². The predicted octanol–water partition coefficient (Wildman–Crippen LogP) is 13.7. The first-order valence-corrected chi connectivity index (χ1v) is 27.0. The average molecular weight is 992 g/mol. The van der Waals surface area contributed by atoms with Gasteiger partial charge in [0.05, 0.1) is 74.9 Å². The average Bonchev–Trinajstić information content (AvgIpc) is 3.96. The molecule has 0 saturated carbocycles. The van der Waals surface area contributed by atoms with Crippen molar-refractivity contribution in [1.82, 2.24) is 24.1 Å². The highest BCUT2D eigenvalue weighted by atomic mass is 16.5. The second kappa shape index (κ2) is 23.1. The number of ether oxygens (including phenoxy) is 6. The molecule has 9 aromatic rings. The third-order valence-corrected chi connectivity index (χ3v) is 15.3. The monoisotopic (exact) mass is 992 g/mol. The molecule has 0 amide bonds. The molecule has 0 bridgehead atoms. The fraction of sp³-hybridized carbons (Fsp3) is 0.381. The summed E-state index contributed by atoms with van der Waals surface area (Å²) in [6, 6.07) is 49.1. The lowest BCUT2D eigenvalue weighted by Gasteiger charge is -2.40. The number of nitrogens with zero attached hydrogens (tertiary/aromatic N) is 5. The van der Waals surface area contributed by atoms with Gasteiger partial charge in [-0.15, -0.1) is 0 Å².